The van der Waals surface area contributed by atoms with Crippen LogP contribution in [-0.4, -0.2) is 29.1 Å². The zero-order valence-corrected chi connectivity index (χ0v) is 14.7. The molecule has 1 aromatic heterocycles. The number of hydrogen-bond acceptors (Lipinski definition) is 5. The van der Waals surface area contributed by atoms with Gasteiger partial charge in [0.2, 0.25) is 0 Å². The molecule has 0 bridgehead atoms. The number of methoxy groups -OCH3 is 1. The summed E-state index contributed by atoms with van der Waals surface area (Å²) in [5.41, 5.74) is 2.57. The fourth-order valence-corrected chi connectivity index (χ4v) is 3.19. The highest BCUT2D eigenvalue weighted by Crippen LogP contribution is 2.29. The van der Waals surface area contributed by atoms with Crippen molar-refractivity contribution in [2.45, 2.75) is 0 Å². The molecule has 0 fully saturated rings. The Balaban J connectivity index is 1.87. The molecule has 0 unspecified atom stereocenters. The van der Waals surface area contributed by atoms with E-state index in [1.54, 1.807) is 30.3 Å². The van der Waals surface area contributed by atoms with Crippen LogP contribution in [-0.2, 0) is 4.74 Å². The Morgan fingerprint density at radius 3 is 2.35 bits per heavy atom. The van der Waals surface area contributed by atoms with Crippen LogP contribution < -0.4 is 0 Å². The van der Waals surface area contributed by atoms with Crippen molar-refractivity contribution in [2.75, 3.05) is 7.11 Å². The summed E-state index contributed by atoms with van der Waals surface area (Å²) < 4.78 is 4.66. The Bertz CT molecular complexity index is 959. The first-order valence-corrected chi connectivity index (χ1v) is 8.56. The highest BCUT2D eigenvalue weighted by Gasteiger charge is 2.17. The Hall–Kier alpha value is -3.25. The summed E-state index contributed by atoms with van der Waals surface area (Å²) in [6, 6.07) is 16.1. The number of ether oxygens (including phenoxy) is 1. The standard InChI is InChI=1S/C20H15NO4S/c1-25-20(24)15-10-7-13(8-11-15)9-12-16-21-17(18(26-16)19(22)23)14-5-3-2-4-6-14/h2-12H,1H3,(H,22,23)/b12-9+. The number of rotatable bonds is 5. The molecule has 3 aromatic rings. The fraction of sp³-hybridized carbons (Fsp3) is 0.0500. The van der Waals surface area contributed by atoms with Crippen molar-refractivity contribution in [3.05, 3.63) is 75.6 Å². The normalized spacial score (nSPS) is 10.8. The summed E-state index contributed by atoms with van der Waals surface area (Å²) in [4.78, 5) is 27.6. The lowest BCUT2D eigenvalue weighted by atomic mass is 10.1. The average molecular weight is 365 g/mol. The minimum Gasteiger partial charge on any atom is -0.477 e. The quantitative estimate of drug-likeness (QED) is 0.675. The minimum absolute atomic E-state index is 0.205. The third-order valence-corrected chi connectivity index (χ3v) is 4.64. The van der Waals surface area contributed by atoms with Gasteiger partial charge in [-0.2, -0.15) is 0 Å². The molecule has 3 rings (SSSR count). The monoisotopic (exact) mass is 365 g/mol. The summed E-state index contributed by atoms with van der Waals surface area (Å²) in [6.45, 7) is 0. The highest BCUT2D eigenvalue weighted by molar-refractivity contribution is 7.15. The zero-order valence-electron chi connectivity index (χ0n) is 13.9. The van der Waals surface area contributed by atoms with Crippen LogP contribution in [0.25, 0.3) is 23.4 Å². The van der Waals surface area contributed by atoms with Crippen LogP contribution in [0.5, 0.6) is 0 Å². The maximum Gasteiger partial charge on any atom is 0.348 e. The molecule has 5 nitrogen and oxygen atoms in total. The van der Waals surface area contributed by atoms with Gasteiger partial charge >= 0.3 is 11.9 Å². The molecule has 0 atom stereocenters. The van der Waals surface area contributed by atoms with Crippen molar-refractivity contribution in [1.82, 2.24) is 4.98 Å². The molecule has 0 aliphatic rings. The number of carbonyl (C=O) groups excluding carboxylic acids is 1. The van der Waals surface area contributed by atoms with Gasteiger partial charge < -0.3 is 9.84 Å². The number of benzene rings is 2. The minimum atomic E-state index is -0.997. The maximum atomic E-state index is 11.5. The van der Waals surface area contributed by atoms with Crippen LogP contribution >= 0.6 is 11.3 Å². The molecule has 1 N–H and O–H groups in total. The molecule has 0 amide bonds. The maximum absolute atomic E-state index is 11.5. The summed E-state index contributed by atoms with van der Waals surface area (Å²) in [5.74, 6) is -1.39. The fourth-order valence-electron chi connectivity index (χ4n) is 2.36. The molecule has 0 aliphatic carbocycles. The number of aromatic nitrogens is 1. The molecular formula is C20H15NO4S. The largest absolute Gasteiger partial charge is 0.477 e. The number of carboxylic acid groups (broad SMARTS) is 1. The van der Waals surface area contributed by atoms with Crippen molar-refractivity contribution < 1.29 is 19.4 Å². The predicted molar refractivity (Wildman–Crippen MR) is 101 cm³/mol. The molecule has 0 saturated heterocycles. The van der Waals surface area contributed by atoms with Crippen molar-refractivity contribution in [3.8, 4) is 11.3 Å². The van der Waals surface area contributed by atoms with Gasteiger partial charge in [-0.15, -0.1) is 11.3 Å². The van der Waals surface area contributed by atoms with Gasteiger partial charge in [0.05, 0.1) is 18.4 Å². The molecule has 0 aliphatic heterocycles. The van der Waals surface area contributed by atoms with E-state index in [9.17, 15) is 14.7 Å². The van der Waals surface area contributed by atoms with Crippen LogP contribution in [0, 0.1) is 0 Å². The third-order valence-electron chi connectivity index (χ3n) is 3.64. The molecule has 2 aromatic carbocycles. The Morgan fingerprint density at radius 2 is 1.73 bits per heavy atom. The Kier molecular flexibility index (Phi) is 5.24. The van der Waals surface area contributed by atoms with E-state index < -0.39 is 5.97 Å². The van der Waals surface area contributed by atoms with Crippen LogP contribution in [0.3, 0.4) is 0 Å². The van der Waals surface area contributed by atoms with Crippen LogP contribution in [0.2, 0.25) is 0 Å². The van der Waals surface area contributed by atoms with Gasteiger partial charge in [-0.25, -0.2) is 14.6 Å². The lowest BCUT2D eigenvalue weighted by Crippen LogP contribution is -2.00. The van der Waals surface area contributed by atoms with Gasteiger partial charge in [-0.05, 0) is 23.8 Å². The number of carboxylic acids is 1. The molecule has 0 saturated carbocycles. The molecule has 6 heteroatoms. The van der Waals surface area contributed by atoms with Gasteiger partial charge in [-0.1, -0.05) is 48.5 Å². The topological polar surface area (TPSA) is 76.5 Å². The molecule has 0 spiro atoms. The second-order valence-electron chi connectivity index (χ2n) is 5.35. The first-order chi connectivity index (χ1) is 12.6. The van der Waals surface area contributed by atoms with Crippen LogP contribution in [0.15, 0.2) is 54.6 Å². The molecular weight excluding hydrogens is 350 g/mol. The van der Waals surface area contributed by atoms with Crippen LogP contribution in [0.1, 0.15) is 30.6 Å². The van der Waals surface area contributed by atoms with Gasteiger partial charge in [0.1, 0.15) is 9.88 Å². The third kappa shape index (κ3) is 3.87. The second kappa shape index (κ2) is 7.76. The number of aromatic carboxylic acids is 1. The molecule has 0 radical (unpaired) electrons. The molecule has 1 heterocycles. The summed E-state index contributed by atoms with van der Waals surface area (Å²) in [7, 11) is 1.34. The van der Waals surface area contributed by atoms with Crippen molar-refractivity contribution in [3.63, 3.8) is 0 Å². The van der Waals surface area contributed by atoms with Gasteiger partial charge in [0.25, 0.3) is 0 Å². The first-order valence-electron chi connectivity index (χ1n) is 7.74. The molecule has 26 heavy (non-hydrogen) atoms. The van der Waals surface area contributed by atoms with Crippen molar-refractivity contribution in [1.29, 1.82) is 0 Å². The van der Waals surface area contributed by atoms with Crippen molar-refractivity contribution >= 4 is 35.4 Å². The van der Waals surface area contributed by atoms with E-state index in [0.29, 0.717) is 16.3 Å². The van der Waals surface area contributed by atoms with E-state index >= 15 is 0 Å². The highest BCUT2D eigenvalue weighted by atomic mass is 32.1. The van der Waals surface area contributed by atoms with Gasteiger partial charge in [-0.3, -0.25) is 0 Å². The van der Waals surface area contributed by atoms with Gasteiger partial charge in [0.15, 0.2) is 0 Å². The van der Waals surface area contributed by atoms with E-state index in [1.807, 2.05) is 36.4 Å². The number of esters is 1. The van der Waals surface area contributed by atoms with Crippen LogP contribution in [0.4, 0.5) is 0 Å². The van der Waals surface area contributed by atoms with Crippen molar-refractivity contribution in [2.24, 2.45) is 0 Å². The van der Waals surface area contributed by atoms with E-state index in [1.165, 1.54) is 7.11 Å². The lowest BCUT2D eigenvalue weighted by Gasteiger charge is -1.99. The lowest BCUT2D eigenvalue weighted by molar-refractivity contribution is 0.0600. The van der Waals surface area contributed by atoms with Gasteiger partial charge in [0, 0.05) is 5.56 Å². The summed E-state index contributed by atoms with van der Waals surface area (Å²) in [5, 5.41) is 10.0. The SMILES string of the molecule is COC(=O)c1ccc(/C=C/c2nc(-c3ccccc3)c(C(=O)O)s2)cc1. The number of carbonyl (C=O) groups is 2. The number of nitrogens with zero attached hydrogens (tertiary/aromatic N) is 1. The van der Waals surface area contributed by atoms with E-state index in [4.69, 9.17) is 0 Å². The summed E-state index contributed by atoms with van der Waals surface area (Å²) >= 11 is 1.12. The van der Waals surface area contributed by atoms with E-state index in [0.717, 1.165) is 22.5 Å². The van der Waals surface area contributed by atoms with E-state index in [2.05, 4.69) is 9.72 Å². The predicted octanol–water partition coefficient (Wildman–Crippen LogP) is 4.47. The Labute approximate surface area is 154 Å². The first kappa shape index (κ1) is 17.6. The second-order valence-corrected chi connectivity index (χ2v) is 6.38. The smallest absolute Gasteiger partial charge is 0.348 e. The zero-order chi connectivity index (χ0) is 18.5. The number of thiazole rings is 1. The number of hydrogen-bond donors (Lipinski definition) is 1. The molecule has 130 valence electrons. The Morgan fingerprint density at radius 1 is 1.04 bits per heavy atom. The average Bonchev–Trinajstić information content (AvgIpc) is 3.11. The van der Waals surface area contributed by atoms with E-state index in [-0.39, 0.29) is 10.8 Å². The summed E-state index contributed by atoms with van der Waals surface area (Å²) in [6.07, 6.45) is 3.58.